The standard InChI is InChI=1S/C23H12NS.C6H5NO2.Ir/c1-2-7-21-17(5-1)18-12-15(10-11-22(18)25-21)20-13-16-9-8-14-4-3-6-19(24-20)23(14)16;8-6(9)5-3-1-2-4-7-5;/h1-9,11-13H;1-4H,(H,8,9);/q-1;;. The zero-order valence-corrected chi connectivity index (χ0v) is 21.4. The Balaban J connectivity index is 0.000000217. The third-order valence-electron chi connectivity index (χ3n) is 5.81. The first-order valence-electron chi connectivity index (χ1n) is 10.8. The van der Waals surface area contributed by atoms with Gasteiger partial charge in [-0.25, -0.2) is 9.78 Å². The predicted molar refractivity (Wildman–Crippen MR) is 139 cm³/mol. The van der Waals surface area contributed by atoms with Gasteiger partial charge in [-0.15, -0.1) is 23.8 Å². The van der Waals surface area contributed by atoms with Gasteiger partial charge in [0.15, 0.2) is 0 Å². The molecule has 1 radical (unpaired) electrons. The summed E-state index contributed by atoms with van der Waals surface area (Å²) in [5.41, 5.74) is 5.69. The number of aromatic nitrogens is 2. The Morgan fingerprint density at radius 1 is 0.857 bits per heavy atom. The summed E-state index contributed by atoms with van der Waals surface area (Å²) in [7, 11) is 0. The first kappa shape index (κ1) is 23.1. The number of fused-ring (bicyclic) bond motifs is 3. The molecule has 0 amide bonds. The fourth-order valence-electron chi connectivity index (χ4n) is 4.24. The number of thiophene rings is 1. The second-order valence-electron chi connectivity index (χ2n) is 7.91. The molecule has 0 bridgehead atoms. The molecule has 35 heavy (non-hydrogen) atoms. The van der Waals surface area contributed by atoms with E-state index >= 15 is 0 Å². The summed E-state index contributed by atoms with van der Waals surface area (Å²) in [5.74, 6) is -0.990. The van der Waals surface area contributed by atoms with Crippen LogP contribution in [0.25, 0.3) is 54.5 Å². The van der Waals surface area contributed by atoms with Gasteiger partial charge >= 0.3 is 5.97 Å². The maximum absolute atomic E-state index is 10.1. The smallest absolute Gasteiger partial charge is 0.354 e. The molecule has 0 unspecified atom stereocenters. The second kappa shape index (κ2) is 9.51. The summed E-state index contributed by atoms with van der Waals surface area (Å²) in [4.78, 5) is 18.6. The molecule has 1 aliphatic carbocycles. The van der Waals surface area contributed by atoms with Crippen LogP contribution in [0.4, 0.5) is 0 Å². The van der Waals surface area contributed by atoms with Crippen LogP contribution in [-0.2, 0) is 20.1 Å². The van der Waals surface area contributed by atoms with E-state index in [4.69, 9.17) is 10.1 Å². The third kappa shape index (κ3) is 4.28. The molecular weight excluding hydrogens is 633 g/mol. The fourth-order valence-corrected chi connectivity index (χ4v) is 5.31. The van der Waals surface area contributed by atoms with Crippen molar-refractivity contribution in [2.45, 2.75) is 0 Å². The van der Waals surface area contributed by atoms with Crippen molar-refractivity contribution in [1.82, 2.24) is 9.97 Å². The Morgan fingerprint density at radius 3 is 2.49 bits per heavy atom. The second-order valence-corrected chi connectivity index (χ2v) is 9.00. The molecular formula is C29H17IrN2O2S-. The van der Waals surface area contributed by atoms with Gasteiger partial charge in [-0.2, -0.15) is 11.3 Å². The van der Waals surface area contributed by atoms with Crippen LogP contribution in [0.15, 0.2) is 85.1 Å². The Hall–Kier alpha value is -3.70. The van der Waals surface area contributed by atoms with Crippen LogP contribution in [-0.4, -0.2) is 21.0 Å². The molecule has 1 N–H and O–H groups in total. The number of carboxylic acid groups (broad SMARTS) is 1. The zero-order valence-electron chi connectivity index (χ0n) is 18.2. The van der Waals surface area contributed by atoms with Crippen molar-refractivity contribution in [2.24, 2.45) is 0 Å². The topological polar surface area (TPSA) is 63.1 Å². The van der Waals surface area contributed by atoms with Gasteiger partial charge in [-0.3, -0.25) is 4.98 Å². The van der Waals surface area contributed by atoms with Crippen LogP contribution >= 0.6 is 11.3 Å². The molecule has 4 nitrogen and oxygen atoms in total. The Kier molecular flexibility index (Phi) is 6.27. The van der Waals surface area contributed by atoms with Crippen LogP contribution in [0.5, 0.6) is 0 Å². The van der Waals surface area contributed by atoms with Gasteiger partial charge in [0.05, 0.1) is 5.52 Å². The molecule has 0 saturated carbocycles. The molecule has 0 fully saturated rings. The van der Waals surface area contributed by atoms with Gasteiger partial charge in [0.25, 0.3) is 0 Å². The quantitative estimate of drug-likeness (QED) is 0.199. The molecule has 3 aromatic carbocycles. The summed E-state index contributed by atoms with van der Waals surface area (Å²) in [6.07, 6.45) is 5.80. The minimum Gasteiger partial charge on any atom is -0.477 e. The van der Waals surface area contributed by atoms with Gasteiger partial charge in [0, 0.05) is 36.4 Å². The molecule has 0 saturated heterocycles. The van der Waals surface area contributed by atoms with Crippen molar-refractivity contribution >= 4 is 60.5 Å². The van der Waals surface area contributed by atoms with Crippen LogP contribution in [0.2, 0.25) is 0 Å². The van der Waals surface area contributed by atoms with Crippen LogP contribution in [0, 0.1) is 6.07 Å². The van der Waals surface area contributed by atoms with E-state index in [2.05, 4.69) is 83.9 Å². The van der Waals surface area contributed by atoms with Gasteiger partial charge in [-0.1, -0.05) is 60.0 Å². The molecule has 3 aromatic heterocycles. The molecule has 1 aliphatic rings. The monoisotopic (exact) mass is 650 g/mol. The molecule has 3 heterocycles. The van der Waals surface area contributed by atoms with E-state index in [0.29, 0.717) is 0 Å². The van der Waals surface area contributed by atoms with Crippen molar-refractivity contribution in [3.8, 4) is 11.3 Å². The molecule has 0 spiro atoms. The summed E-state index contributed by atoms with van der Waals surface area (Å²) in [6.45, 7) is 0. The number of carboxylic acids is 1. The number of nitrogens with zero attached hydrogens (tertiary/aromatic N) is 2. The van der Waals surface area contributed by atoms with Crippen LogP contribution in [0.1, 0.15) is 21.6 Å². The first-order chi connectivity index (χ1) is 16.7. The zero-order chi connectivity index (χ0) is 23.1. The maximum Gasteiger partial charge on any atom is 0.354 e. The molecule has 6 aromatic rings. The predicted octanol–water partition coefficient (Wildman–Crippen LogP) is 7.33. The number of rotatable bonds is 2. The van der Waals surface area contributed by atoms with E-state index < -0.39 is 5.97 Å². The summed E-state index contributed by atoms with van der Waals surface area (Å²) >= 11 is 1.82. The maximum atomic E-state index is 10.1. The minimum absolute atomic E-state index is 0. The average Bonchev–Trinajstić information content (AvgIpc) is 3.47. The number of pyridine rings is 2. The van der Waals surface area contributed by atoms with Gasteiger partial charge in [-0.05, 0) is 51.2 Å². The Labute approximate surface area is 219 Å². The normalized spacial score (nSPS) is 11.3. The van der Waals surface area contributed by atoms with Crippen molar-refractivity contribution in [3.63, 3.8) is 0 Å². The molecule has 171 valence electrons. The summed E-state index contributed by atoms with van der Waals surface area (Å²) < 4.78 is 2.60. The van der Waals surface area contributed by atoms with Gasteiger partial charge in [0.2, 0.25) is 0 Å². The van der Waals surface area contributed by atoms with E-state index in [-0.39, 0.29) is 25.8 Å². The molecule has 0 aliphatic heterocycles. The number of carbonyl (C=O) groups is 1. The molecule has 6 heteroatoms. The molecule has 7 rings (SSSR count). The summed E-state index contributed by atoms with van der Waals surface area (Å²) in [6, 6.07) is 29.6. The SMILES string of the molecule is O=C(O)c1ccccn1.[Ir].[c-]1cc2sc3ccccc3c2cc1-c1cc2c3c(cccc3n1)C=C2. The van der Waals surface area contributed by atoms with E-state index in [1.165, 1.54) is 48.9 Å². The van der Waals surface area contributed by atoms with Crippen LogP contribution < -0.4 is 0 Å². The third-order valence-corrected chi connectivity index (χ3v) is 6.94. The largest absolute Gasteiger partial charge is 0.477 e. The first-order valence-corrected chi connectivity index (χ1v) is 11.6. The van der Waals surface area contributed by atoms with Crippen molar-refractivity contribution in [2.75, 3.05) is 0 Å². The summed E-state index contributed by atoms with van der Waals surface area (Å²) in [5, 5.41) is 12.2. The van der Waals surface area contributed by atoms with Gasteiger partial charge in [0.1, 0.15) is 5.69 Å². The fraction of sp³-hybridized carbons (Fsp3) is 0. The van der Waals surface area contributed by atoms with Gasteiger partial charge < -0.3 is 5.11 Å². The minimum atomic E-state index is -0.990. The number of hydrogen-bond acceptors (Lipinski definition) is 4. The van der Waals surface area contributed by atoms with E-state index in [0.717, 1.165) is 16.8 Å². The van der Waals surface area contributed by atoms with E-state index in [9.17, 15) is 4.79 Å². The van der Waals surface area contributed by atoms with Crippen LogP contribution in [0.3, 0.4) is 0 Å². The number of aromatic carboxylic acids is 1. The molecule has 0 atom stereocenters. The number of benzene rings is 3. The average molecular weight is 650 g/mol. The Morgan fingerprint density at radius 2 is 1.69 bits per heavy atom. The van der Waals surface area contributed by atoms with Crippen molar-refractivity contribution in [1.29, 1.82) is 0 Å². The van der Waals surface area contributed by atoms with Crippen molar-refractivity contribution < 1.29 is 30.0 Å². The van der Waals surface area contributed by atoms with E-state index in [1.54, 1.807) is 12.1 Å². The van der Waals surface area contributed by atoms with Crippen molar-refractivity contribution in [3.05, 3.63) is 108 Å². The van der Waals surface area contributed by atoms with E-state index in [1.807, 2.05) is 11.3 Å². The Bertz CT molecular complexity index is 1740. The number of hydrogen-bond donors (Lipinski definition) is 1.